The van der Waals surface area contributed by atoms with Gasteiger partial charge in [0.2, 0.25) is 0 Å². The quantitative estimate of drug-likeness (QED) is 0.654. The first-order valence-electron chi connectivity index (χ1n) is 9.11. The summed E-state index contributed by atoms with van der Waals surface area (Å²) >= 11 is 6.10. The molecular formula is C22H18ClFN2O3. The molecule has 7 heteroatoms. The number of ether oxygens (including phenoxy) is 3. The van der Waals surface area contributed by atoms with Crippen LogP contribution < -0.4 is 20.5 Å². The van der Waals surface area contributed by atoms with E-state index in [1.807, 2.05) is 36.4 Å². The Hall–Kier alpha value is -2.64. The summed E-state index contributed by atoms with van der Waals surface area (Å²) < 4.78 is 31.7. The van der Waals surface area contributed by atoms with Crippen molar-refractivity contribution in [2.75, 3.05) is 13.7 Å². The normalized spacial score (nSPS) is 22.1. The molecule has 3 aromatic rings. The van der Waals surface area contributed by atoms with Crippen molar-refractivity contribution < 1.29 is 18.6 Å². The van der Waals surface area contributed by atoms with Crippen molar-refractivity contribution >= 4 is 11.6 Å². The van der Waals surface area contributed by atoms with Gasteiger partial charge in [0.15, 0.2) is 6.35 Å². The van der Waals surface area contributed by atoms with Gasteiger partial charge in [0.05, 0.1) is 13.7 Å². The van der Waals surface area contributed by atoms with Gasteiger partial charge in [-0.25, -0.2) is 4.39 Å². The fraction of sp³-hybridized carbons (Fsp3) is 0.182. The molecule has 2 atom stereocenters. The molecule has 2 aliphatic rings. The van der Waals surface area contributed by atoms with Crippen molar-refractivity contribution in [1.29, 1.82) is 0 Å². The summed E-state index contributed by atoms with van der Waals surface area (Å²) in [5.74, 6) is 1.67. The van der Waals surface area contributed by atoms with Crippen LogP contribution in [-0.4, -0.2) is 20.1 Å². The Labute approximate surface area is 172 Å². The number of rotatable bonds is 2. The lowest BCUT2D eigenvalue weighted by molar-refractivity contribution is 0.103. The van der Waals surface area contributed by atoms with Gasteiger partial charge in [-0.05, 0) is 54.1 Å². The number of hydrogen-bond acceptors (Lipinski definition) is 5. The average Bonchev–Trinajstić information content (AvgIpc) is 3.12. The minimum atomic E-state index is -0.748. The van der Waals surface area contributed by atoms with Crippen LogP contribution in [0.4, 0.5) is 4.39 Å². The number of nitrogens with one attached hydrogen (secondary N) is 1. The molecule has 5 rings (SSSR count). The third-order valence-electron chi connectivity index (χ3n) is 5.41. The SMILES string of the molecule is COc1ccc2c(c1)[C@]1(COC(N)N1)c1cc(-c3cc(Cl)ccc3F)ccc1O2. The van der Waals surface area contributed by atoms with E-state index < -0.39 is 11.9 Å². The molecule has 2 heterocycles. The van der Waals surface area contributed by atoms with Crippen molar-refractivity contribution in [3.8, 4) is 28.4 Å². The highest BCUT2D eigenvalue weighted by molar-refractivity contribution is 6.30. The van der Waals surface area contributed by atoms with Gasteiger partial charge >= 0.3 is 0 Å². The van der Waals surface area contributed by atoms with E-state index in [0.29, 0.717) is 40.0 Å². The molecule has 1 spiro atoms. The fourth-order valence-electron chi connectivity index (χ4n) is 4.01. The topological polar surface area (TPSA) is 65.7 Å². The highest BCUT2D eigenvalue weighted by atomic mass is 35.5. The Kier molecular flexibility index (Phi) is 4.26. The Morgan fingerprint density at radius 1 is 1.10 bits per heavy atom. The summed E-state index contributed by atoms with van der Waals surface area (Å²) in [6.07, 6.45) is -0.647. The standard InChI is InChI=1S/C22H18ClFN2O3/c1-27-14-4-7-20-17(10-14)22(11-28-21(25)26-22)16-8-12(2-6-19(16)29-20)15-9-13(23)3-5-18(15)24/h2-10,21,26H,11,25H2,1H3/t21?,22-/m0/s1. The molecule has 0 bridgehead atoms. The third kappa shape index (κ3) is 2.88. The second-order valence-corrected chi connectivity index (χ2v) is 7.52. The molecule has 148 valence electrons. The highest BCUT2D eigenvalue weighted by Gasteiger charge is 2.48. The molecule has 0 aliphatic carbocycles. The zero-order valence-corrected chi connectivity index (χ0v) is 16.3. The van der Waals surface area contributed by atoms with E-state index in [1.165, 1.54) is 12.1 Å². The Morgan fingerprint density at radius 2 is 1.86 bits per heavy atom. The monoisotopic (exact) mass is 412 g/mol. The first-order chi connectivity index (χ1) is 14.0. The van der Waals surface area contributed by atoms with E-state index in [1.54, 1.807) is 13.2 Å². The number of nitrogens with two attached hydrogens (primary N) is 1. The fourth-order valence-corrected chi connectivity index (χ4v) is 4.18. The van der Waals surface area contributed by atoms with Crippen molar-refractivity contribution in [3.63, 3.8) is 0 Å². The lowest BCUT2D eigenvalue weighted by atomic mass is 9.80. The second kappa shape index (κ2) is 6.71. The van der Waals surface area contributed by atoms with Gasteiger partial charge in [0, 0.05) is 21.7 Å². The predicted molar refractivity (Wildman–Crippen MR) is 108 cm³/mol. The molecule has 0 radical (unpaired) electrons. The predicted octanol–water partition coefficient (Wildman–Crippen LogP) is 4.37. The maximum absolute atomic E-state index is 14.5. The lowest BCUT2D eigenvalue weighted by Crippen LogP contribution is -2.47. The first kappa shape index (κ1) is 18.4. The van der Waals surface area contributed by atoms with E-state index in [2.05, 4.69) is 5.32 Å². The van der Waals surface area contributed by atoms with Gasteiger partial charge in [-0.15, -0.1) is 0 Å². The van der Waals surface area contributed by atoms with Crippen LogP contribution in [0.15, 0.2) is 54.6 Å². The van der Waals surface area contributed by atoms with Gasteiger partial charge in [0.25, 0.3) is 0 Å². The molecule has 0 aromatic heterocycles. The minimum absolute atomic E-state index is 0.298. The summed E-state index contributed by atoms with van der Waals surface area (Å²) in [4.78, 5) is 0. The molecule has 1 unspecified atom stereocenters. The van der Waals surface area contributed by atoms with E-state index in [0.717, 1.165) is 11.1 Å². The van der Waals surface area contributed by atoms with Crippen LogP contribution in [0.2, 0.25) is 5.02 Å². The van der Waals surface area contributed by atoms with E-state index in [9.17, 15) is 4.39 Å². The molecule has 0 saturated carbocycles. The smallest absolute Gasteiger partial charge is 0.162 e. The van der Waals surface area contributed by atoms with E-state index in [-0.39, 0.29) is 5.82 Å². The van der Waals surface area contributed by atoms with Crippen LogP contribution in [0, 0.1) is 5.82 Å². The summed E-state index contributed by atoms with van der Waals surface area (Å²) in [5.41, 5.74) is 8.04. The summed E-state index contributed by atoms with van der Waals surface area (Å²) in [5, 5.41) is 3.80. The van der Waals surface area contributed by atoms with Crippen LogP contribution in [0.5, 0.6) is 17.2 Å². The number of methoxy groups -OCH3 is 1. The number of halogens is 2. The molecule has 0 amide bonds. The number of hydrogen-bond donors (Lipinski definition) is 2. The maximum atomic E-state index is 14.5. The van der Waals surface area contributed by atoms with Crippen LogP contribution in [0.1, 0.15) is 11.1 Å². The minimum Gasteiger partial charge on any atom is -0.497 e. The number of fused-ring (bicyclic) bond motifs is 4. The van der Waals surface area contributed by atoms with Crippen molar-refractivity contribution in [1.82, 2.24) is 5.32 Å². The van der Waals surface area contributed by atoms with E-state index >= 15 is 0 Å². The van der Waals surface area contributed by atoms with Gasteiger partial charge in [-0.3, -0.25) is 11.1 Å². The van der Waals surface area contributed by atoms with Gasteiger partial charge in [0.1, 0.15) is 28.6 Å². The molecule has 1 fully saturated rings. The van der Waals surface area contributed by atoms with Crippen molar-refractivity contribution in [2.45, 2.75) is 11.9 Å². The summed E-state index contributed by atoms with van der Waals surface area (Å²) in [6.45, 7) is 0.298. The molecule has 5 nitrogen and oxygen atoms in total. The van der Waals surface area contributed by atoms with E-state index in [4.69, 9.17) is 31.5 Å². The first-order valence-corrected chi connectivity index (χ1v) is 9.49. The van der Waals surface area contributed by atoms with Crippen molar-refractivity contribution in [3.05, 3.63) is 76.6 Å². The van der Waals surface area contributed by atoms with Gasteiger partial charge in [-0.2, -0.15) is 0 Å². The van der Waals surface area contributed by atoms with Crippen LogP contribution in [0.3, 0.4) is 0 Å². The molecular weight excluding hydrogens is 395 g/mol. The zero-order chi connectivity index (χ0) is 20.2. The Morgan fingerprint density at radius 3 is 2.59 bits per heavy atom. The Bertz CT molecular complexity index is 1120. The largest absolute Gasteiger partial charge is 0.497 e. The molecule has 3 N–H and O–H groups in total. The second-order valence-electron chi connectivity index (χ2n) is 7.08. The zero-order valence-electron chi connectivity index (χ0n) is 15.5. The van der Waals surface area contributed by atoms with Crippen LogP contribution >= 0.6 is 11.6 Å². The lowest BCUT2D eigenvalue weighted by Gasteiger charge is -2.37. The highest BCUT2D eigenvalue weighted by Crippen LogP contribution is 2.50. The molecule has 3 aromatic carbocycles. The number of benzene rings is 3. The van der Waals surface area contributed by atoms with Crippen LogP contribution in [0.25, 0.3) is 11.1 Å². The van der Waals surface area contributed by atoms with Crippen molar-refractivity contribution in [2.24, 2.45) is 5.73 Å². The average molecular weight is 413 g/mol. The third-order valence-corrected chi connectivity index (χ3v) is 5.65. The molecule has 2 aliphatic heterocycles. The van der Waals surface area contributed by atoms with Gasteiger partial charge in [-0.1, -0.05) is 17.7 Å². The maximum Gasteiger partial charge on any atom is 0.162 e. The summed E-state index contributed by atoms with van der Waals surface area (Å²) in [7, 11) is 1.61. The van der Waals surface area contributed by atoms with Gasteiger partial charge < -0.3 is 14.2 Å². The Balaban J connectivity index is 1.72. The van der Waals surface area contributed by atoms with Crippen LogP contribution in [-0.2, 0) is 10.3 Å². The molecule has 1 saturated heterocycles. The summed E-state index contributed by atoms with van der Waals surface area (Å²) in [6, 6.07) is 15.6. The molecule has 29 heavy (non-hydrogen) atoms.